The maximum Gasteiger partial charge on any atom is 0.336 e. The summed E-state index contributed by atoms with van der Waals surface area (Å²) < 4.78 is 11.0. The Labute approximate surface area is 129 Å². The highest BCUT2D eigenvalue weighted by atomic mass is 16.5. The largest absolute Gasteiger partial charge is 0.619 e. The standard InChI is InChI=1S/C16H20N2O4/c1-4-22-16(19)15-11(2)17-13(10-21-3)8-14(15)12-6-5-7-18(20)9-12/h5-7,9,14H,4,8,10H2,1-3H3. The minimum Gasteiger partial charge on any atom is -0.619 e. The van der Waals surface area contributed by atoms with Crippen molar-refractivity contribution in [3.8, 4) is 0 Å². The molecule has 1 aromatic heterocycles. The number of carbonyl (C=O) groups excluding carboxylic acids is 1. The summed E-state index contributed by atoms with van der Waals surface area (Å²) in [5, 5.41) is 11.6. The van der Waals surface area contributed by atoms with Gasteiger partial charge < -0.3 is 14.7 Å². The molecule has 2 heterocycles. The van der Waals surface area contributed by atoms with Crippen LogP contribution in [-0.2, 0) is 14.3 Å². The zero-order valence-corrected chi connectivity index (χ0v) is 13.0. The molecule has 1 aromatic rings. The number of rotatable bonds is 5. The molecule has 0 radical (unpaired) electrons. The Morgan fingerprint density at radius 3 is 2.95 bits per heavy atom. The fourth-order valence-electron chi connectivity index (χ4n) is 2.65. The molecule has 1 aliphatic heterocycles. The van der Waals surface area contributed by atoms with E-state index in [1.54, 1.807) is 27.0 Å². The van der Waals surface area contributed by atoms with E-state index < -0.39 is 0 Å². The second-order valence-corrected chi connectivity index (χ2v) is 5.08. The molecular formula is C16H20N2O4. The Morgan fingerprint density at radius 1 is 1.55 bits per heavy atom. The second-order valence-electron chi connectivity index (χ2n) is 5.08. The van der Waals surface area contributed by atoms with Crippen molar-refractivity contribution in [3.63, 3.8) is 0 Å². The molecular weight excluding hydrogens is 284 g/mol. The molecule has 0 saturated heterocycles. The maximum atomic E-state index is 12.3. The number of pyridine rings is 1. The molecule has 0 saturated carbocycles. The molecule has 0 fully saturated rings. The van der Waals surface area contributed by atoms with Crippen molar-refractivity contribution in [1.29, 1.82) is 0 Å². The molecule has 118 valence electrons. The molecule has 22 heavy (non-hydrogen) atoms. The molecule has 1 unspecified atom stereocenters. The highest BCUT2D eigenvalue weighted by Gasteiger charge is 2.31. The Balaban J connectivity index is 2.45. The van der Waals surface area contributed by atoms with Gasteiger partial charge in [0.05, 0.1) is 18.8 Å². The maximum absolute atomic E-state index is 12.3. The van der Waals surface area contributed by atoms with Gasteiger partial charge in [-0.1, -0.05) is 0 Å². The summed E-state index contributed by atoms with van der Waals surface area (Å²) in [4.78, 5) is 16.7. The molecule has 1 aliphatic rings. The summed E-state index contributed by atoms with van der Waals surface area (Å²) >= 11 is 0. The van der Waals surface area contributed by atoms with Crippen LogP contribution >= 0.6 is 0 Å². The van der Waals surface area contributed by atoms with Gasteiger partial charge in [-0.2, -0.15) is 4.73 Å². The quantitative estimate of drug-likeness (QED) is 0.472. The van der Waals surface area contributed by atoms with Crippen molar-refractivity contribution >= 4 is 11.7 Å². The summed E-state index contributed by atoms with van der Waals surface area (Å²) in [6.45, 7) is 4.24. The summed E-state index contributed by atoms with van der Waals surface area (Å²) in [6.07, 6.45) is 3.42. The number of allylic oxidation sites excluding steroid dienone is 1. The van der Waals surface area contributed by atoms with E-state index in [0.29, 0.717) is 30.9 Å². The van der Waals surface area contributed by atoms with Gasteiger partial charge in [0.1, 0.15) is 0 Å². The summed E-state index contributed by atoms with van der Waals surface area (Å²) in [5.74, 6) is -0.630. The third kappa shape index (κ3) is 3.51. The average Bonchev–Trinajstić information content (AvgIpc) is 2.47. The second kappa shape index (κ2) is 7.17. The normalized spacial score (nSPS) is 18.1. The van der Waals surface area contributed by atoms with Crippen molar-refractivity contribution < 1.29 is 19.0 Å². The van der Waals surface area contributed by atoms with E-state index in [4.69, 9.17) is 9.47 Å². The van der Waals surface area contributed by atoms with Crippen LogP contribution in [0.3, 0.4) is 0 Å². The molecule has 0 aliphatic carbocycles. The van der Waals surface area contributed by atoms with Gasteiger partial charge in [-0.15, -0.1) is 0 Å². The molecule has 0 aromatic carbocycles. The molecule has 1 atom stereocenters. The summed E-state index contributed by atoms with van der Waals surface area (Å²) in [7, 11) is 1.60. The minimum atomic E-state index is -0.383. The molecule has 0 bridgehead atoms. The molecule has 6 nitrogen and oxygen atoms in total. The zero-order chi connectivity index (χ0) is 16.1. The monoisotopic (exact) mass is 304 g/mol. The van der Waals surface area contributed by atoms with Gasteiger partial charge in [-0.25, -0.2) is 4.79 Å². The number of hydrogen-bond acceptors (Lipinski definition) is 5. The van der Waals surface area contributed by atoms with Crippen molar-refractivity contribution in [2.45, 2.75) is 26.2 Å². The lowest BCUT2D eigenvalue weighted by Gasteiger charge is -2.25. The van der Waals surface area contributed by atoms with Crippen LogP contribution in [0.1, 0.15) is 31.7 Å². The smallest absolute Gasteiger partial charge is 0.336 e. The fraction of sp³-hybridized carbons (Fsp3) is 0.438. The van der Waals surface area contributed by atoms with Crippen molar-refractivity contribution in [2.75, 3.05) is 20.3 Å². The van der Waals surface area contributed by atoms with Gasteiger partial charge >= 0.3 is 5.97 Å². The van der Waals surface area contributed by atoms with Crippen molar-refractivity contribution in [2.24, 2.45) is 4.99 Å². The molecule has 0 amide bonds. The van der Waals surface area contributed by atoms with Gasteiger partial charge in [-0.05, 0) is 26.3 Å². The first-order chi connectivity index (χ1) is 10.6. The van der Waals surface area contributed by atoms with Crippen LogP contribution < -0.4 is 4.73 Å². The predicted octanol–water partition coefficient (Wildman–Crippen LogP) is 1.73. The lowest BCUT2D eigenvalue weighted by atomic mass is 9.84. The topological polar surface area (TPSA) is 74.8 Å². The Morgan fingerprint density at radius 2 is 2.32 bits per heavy atom. The summed E-state index contributed by atoms with van der Waals surface area (Å²) in [6, 6.07) is 3.50. The predicted molar refractivity (Wildman–Crippen MR) is 81.4 cm³/mol. The first kappa shape index (κ1) is 16.2. The Hall–Kier alpha value is -2.21. The van der Waals surface area contributed by atoms with Crippen LogP contribution in [0.15, 0.2) is 40.8 Å². The number of carbonyl (C=O) groups is 1. The number of nitrogens with zero attached hydrogens (tertiary/aromatic N) is 2. The van der Waals surface area contributed by atoms with Gasteiger partial charge in [0.2, 0.25) is 0 Å². The molecule has 2 rings (SSSR count). The van der Waals surface area contributed by atoms with Crippen molar-refractivity contribution in [3.05, 3.63) is 46.6 Å². The van der Waals surface area contributed by atoms with Crippen LogP contribution in [0.4, 0.5) is 0 Å². The minimum absolute atomic E-state index is 0.247. The Bertz CT molecular complexity index is 622. The third-order valence-corrected chi connectivity index (χ3v) is 3.51. The lowest BCUT2D eigenvalue weighted by molar-refractivity contribution is -0.605. The average molecular weight is 304 g/mol. The van der Waals surface area contributed by atoms with Crippen LogP contribution in [0.2, 0.25) is 0 Å². The van der Waals surface area contributed by atoms with E-state index in [1.807, 2.05) is 6.07 Å². The highest BCUT2D eigenvalue weighted by molar-refractivity contribution is 5.97. The highest BCUT2D eigenvalue weighted by Crippen LogP contribution is 2.34. The molecule has 0 N–H and O–H groups in total. The van der Waals surface area contributed by atoms with Crippen LogP contribution in [0, 0.1) is 5.21 Å². The van der Waals surface area contributed by atoms with E-state index in [-0.39, 0.29) is 11.9 Å². The third-order valence-electron chi connectivity index (χ3n) is 3.51. The SMILES string of the molecule is CCOC(=O)C1=C(C)N=C(COC)CC1c1ccc[n+]([O-])c1. The number of ether oxygens (including phenoxy) is 2. The van der Waals surface area contributed by atoms with Crippen LogP contribution in [0.5, 0.6) is 0 Å². The fourth-order valence-corrected chi connectivity index (χ4v) is 2.65. The number of methoxy groups -OCH3 is 1. The van der Waals surface area contributed by atoms with Crippen molar-refractivity contribution in [1.82, 2.24) is 0 Å². The van der Waals surface area contributed by atoms with Crippen LogP contribution in [0.25, 0.3) is 0 Å². The van der Waals surface area contributed by atoms with Crippen LogP contribution in [-0.4, -0.2) is 32.0 Å². The number of aliphatic imine (C=N–C) groups is 1. The van der Waals surface area contributed by atoms with E-state index in [2.05, 4.69) is 4.99 Å². The molecule has 0 spiro atoms. The van der Waals surface area contributed by atoms with Gasteiger partial charge in [0.25, 0.3) is 0 Å². The van der Waals surface area contributed by atoms with E-state index in [0.717, 1.165) is 16.0 Å². The Kier molecular flexibility index (Phi) is 5.27. The lowest BCUT2D eigenvalue weighted by Crippen LogP contribution is -2.29. The first-order valence-corrected chi connectivity index (χ1v) is 7.18. The molecule has 6 heteroatoms. The van der Waals surface area contributed by atoms with Gasteiger partial charge in [0.15, 0.2) is 12.4 Å². The van der Waals surface area contributed by atoms with E-state index in [9.17, 15) is 10.0 Å². The number of hydrogen-bond donors (Lipinski definition) is 0. The van der Waals surface area contributed by atoms with Gasteiger partial charge in [0, 0.05) is 36.1 Å². The number of esters is 1. The van der Waals surface area contributed by atoms with E-state index in [1.165, 1.54) is 12.4 Å². The van der Waals surface area contributed by atoms with E-state index >= 15 is 0 Å². The number of aromatic nitrogens is 1. The summed E-state index contributed by atoms with van der Waals surface area (Å²) in [5.41, 5.74) is 2.73. The van der Waals surface area contributed by atoms with Gasteiger partial charge in [-0.3, -0.25) is 4.99 Å². The zero-order valence-electron chi connectivity index (χ0n) is 13.0. The first-order valence-electron chi connectivity index (χ1n) is 7.18.